The lowest BCUT2D eigenvalue weighted by molar-refractivity contribution is -0.139. The molecule has 0 aromatic heterocycles. The smallest absolute Gasteiger partial charge is 0.368 e. The van der Waals surface area contributed by atoms with Crippen molar-refractivity contribution in [3.63, 3.8) is 0 Å². The summed E-state index contributed by atoms with van der Waals surface area (Å²) >= 11 is 0.678. The highest BCUT2D eigenvalue weighted by Crippen LogP contribution is 2.36. The molecule has 0 spiro atoms. The Morgan fingerprint density at radius 2 is 1.49 bits per heavy atom. The first-order chi connectivity index (χ1) is 18.7. The van der Waals surface area contributed by atoms with Gasteiger partial charge in [-0.15, -0.1) is 0 Å². The summed E-state index contributed by atoms with van der Waals surface area (Å²) in [5.41, 5.74) is 1.21. The van der Waals surface area contributed by atoms with Crippen molar-refractivity contribution in [3.05, 3.63) is 106 Å². The van der Waals surface area contributed by atoms with Gasteiger partial charge in [0, 0.05) is 37.4 Å². The molecule has 2 heterocycles. The molecule has 2 aliphatic rings. The third-order valence-electron chi connectivity index (χ3n) is 6.67. The Hall–Kier alpha value is -4.05. The van der Waals surface area contributed by atoms with Crippen molar-refractivity contribution in [3.8, 4) is 0 Å². The minimum Gasteiger partial charge on any atom is -0.368 e. The van der Waals surface area contributed by atoms with Gasteiger partial charge in [0.15, 0.2) is 0 Å². The van der Waals surface area contributed by atoms with E-state index in [1.54, 1.807) is 29.2 Å². The molecule has 0 saturated carbocycles. The number of nitrogens with zero attached hydrogens (tertiary/aromatic N) is 3. The highest BCUT2D eigenvalue weighted by atomic mass is 32.2. The van der Waals surface area contributed by atoms with Crippen molar-refractivity contribution >= 4 is 40.6 Å². The normalized spacial score (nSPS) is 17.3. The van der Waals surface area contributed by atoms with Gasteiger partial charge < -0.3 is 9.80 Å². The van der Waals surface area contributed by atoms with Crippen LogP contribution >= 0.6 is 11.8 Å². The molecule has 3 aromatic carbocycles. The molecule has 0 aliphatic carbocycles. The van der Waals surface area contributed by atoms with Gasteiger partial charge in [0.25, 0.3) is 17.1 Å². The molecule has 3 amide bonds. The van der Waals surface area contributed by atoms with Crippen molar-refractivity contribution in [2.45, 2.75) is 12.7 Å². The number of rotatable bonds is 5. The van der Waals surface area contributed by atoms with Crippen LogP contribution in [0.1, 0.15) is 27.0 Å². The third-order valence-corrected chi connectivity index (χ3v) is 7.58. The minimum absolute atomic E-state index is 0.0853. The highest BCUT2D eigenvalue weighted by molar-refractivity contribution is 8.18. The van der Waals surface area contributed by atoms with Gasteiger partial charge in [-0.3, -0.25) is 19.3 Å². The van der Waals surface area contributed by atoms with Gasteiger partial charge in [-0.1, -0.05) is 48.5 Å². The second-order valence-corrected chi connectivity index (χ2v) is 10.2. The van der Waals surface area contributed by atoms with E-state index in [2.05, 4.69) is 4.90 Å². The number of hydrogen-bond donors (Lipinski definition) is 0. The number of amides is 3. The van der Waals surface area contributed by atoms with Crippen LogP contribution in [0, 0.1) is 0 Å². The molecule has 5 rings (SSSR count). The monoisotopic (exact) mass is 551 g/mol. The highest BCUT2D eigenvalue weighted by Gasteiger charge is 2.38. The molecule has 2 aliphatic heterocycles. The van der Waals surface area contributed by atoms with E-state index in [0.29, 0.717) is 36.0 Å². The number of hydrogen-bond acceptors (Lipinski definition) is 5. The van der Waals surface area contributed by atoms with Crippen LogP contribution in [-0.4, -0.2) is 53.0 Å². The summed E-state index contributed by atoms with van der Waals surface area (Å²) in [5.74, 6) is -0.740. The Kier molecular flexibility index (Phi) is 7.47. The second kappa shape index (κ2) is 11.0. The van der Waals surface area contributed by atoms with Crippen molar-refractivity contribution in [2.24, 2.45) is 0 Å². The predicted molar refractivity (Wildman–Crippen MR) is 144 cm³/mol. The zero-order valence-electron chi connectivity index (χ0n) is 20.7. The van der Waals surface area contributed by atoms with Crippen molar-refractivity contribution in [2.75, 3.05) is 31.1 Å². The molecule has 3 aromatic rings. The number of benzene rings is 3. The van der Waals surface area contributed by atoms with E-state index in [0.717, 1.165) is 29.7 Å². The lowest BCUT2D eigenvalue weighted by atomic mass is 10.1. The quantitative estimate of drug-likeness (QED) is 0.370. The average molecular weight is 552 g/mol. The van der Waals surface area contributed by atoms with Gasteiger partial charge in [0.2, 0.25) is 0 Å². The lowest BCUT2D eigenvalue weighted by Crippen LogP contribution is -2.48. The fourth-order valence-corrected chi connectivity index (χ4v) is 5.44. The summed E-state index contributed by atoms with van der Waals surface area (Å²) in [6, 6.07) is 21.6. The first-order valence-corrected chi connectivity index (χ1v) is 13.1. The van der Waals surface area contributed by atoms with Gasteiger partial charge in [-0.05, 0) is 59.3 Å². The maximum Gasteiger partial charge on any atom is 0.416 e. The zero-order valence-corrected chi connectivity index (χ0v) is 21.5. The molecule has 0 unspecified atom stereocenters. The molecule has 0 N–H and O–H groups in total. The Morgan fingerprint density at radius 3 is 2.15 bits per heavy atom. The second-order valence-electron chi connectivity index (χ2n) is 9.16. The van der Waals surface area contributed by atoms with Gasteiger partial charge in [-0.25, -0.2) is 0 Å². The van der Waals surface area contributed by atoms with Crippen LogP contribution in [0.3, 0.4) is 0 Å². The first-order valence-electron chi connectivity index (χ1n) is 12.3. The molecular weight excluding hydrogens is 527 g/mol. The molecule has 200 valence electrons. The van der Waals surface area contributed by atoms with E-state index in [1.165, 1.54) is 24.3 Å². The van der Waals surface area contributed by atoms with Gasteiger partial charge in [0.1, 0.15) is 0 Å². The fourth-order valence-electron chi connectivity index (χ4n) is 4.60. The third kappa shape index (κ3) is 5.85. The van der Waals surface area contributed by atoms with Crippen molar-refractivity contribution < 1.29 is 27.6 Å². The van der Waals surface area contributed by atoms with Crippen LogP contribution in [0.15, 0.2) is 83.8 Å². The summed E-state index contributed by atoms with van der Waals surface area (Å²) in [7, 11) is 0. The van der Waals surface area contributed by atoms with E-state index < -0.39 is 29.4 Å². The maximum absolute atomic E-state index is 13.3. The van der Waals surface area contributed by atoms with Gasteiger partial charge >= 0.3 is 6.18 Å². The molecule has 2 saturated heterocycles. The SMILES string of the molecule is O=C(c1ccc(C=C2SC(=O)N(Cc3ccccc3C(F)(F)F)C2=O)cc1)N1CCN(c2ccccc2)CC1. The Balaban J connectivity index is 1.23. The molecular formula is C29H24F3N3O3S. The number of piperazine rings is 1. The van der Waals surface area contributed by atoms with Crippen LogP contribution in [0.2, 0.25) is 0 Å². The molecule has 6 nitrogen and oxygen atoms in total. The Labute approximate surface area is 227 Å². The van der Waals surface area contributed by atoms with E-state index in [9.17, 15) is 27.6 Å². The molecule has 39 heavy (non-hydrogen) atoms. The molecule has 0 atom stereocenters. The lowest BCUT2D eigenvalue weighted by Gasteiger charge is -2.36. The standard InChI is InChI=1S/C29H24F3N3O3S/c30-29(31,32)24-9-5-4-6-22(24)19-35-27(37)25(39-28(35)38)18-20-10-12-21(13-11-20)26(36)34-16-14-33(15-17-34)23-7-2-1-3-8-23/h1-13,18H,14-17,19H2. The molecule has 0 radical (unpaired) electrons. The summed E-state index contributed by atoms with van der Waals surface area (Å²) in [6.07, 6.45) is -3.09. The number of carbonyl (C=O) groups excluding carboxylic acids is 3. The maximum atomic E-state index is 13.3. The Bertz CT molecular complexity index is 1420. The largest absolute Gasteiger partial charge is 0.416 e. The topological polar surface area (TPSA) is 60.9 Å². The average Bonchev–Trinajstić information content (AvgIpc) is 3.20. The van der Waals surface area contributed by atoms with E-state index >= 15 is 0 Å². The van der Waals surface area contributed by atoms with Crippen LogP contribution in [-0.2, 0) is 17.5 Å². The van der Waals surface area contributed by atoms with Gasteiger partial charge in [-0.2, -0.15) is 13.2 Å². The van der Waals surface area contributed by atoms with E-state index in [4.69, 9.17) is 0 Å². The van der Waals surface area contributed by atoms with E-state index in [-0.39, 0.29) is 16.4 Å². The Morgan fingerprint density at radius 1 is 0.846 bits per heavy atom. The number of para-hydroxylation sites is 1. The molecule has 2 fully saturated rings. The molecule has 0 bridgehead atoms. The van der Waals surface area contributed by atoms with Crippen molar-refractivity contribution in [1.29, 1.82) is 0 Å². The number of alkyl halides is 3. The first kappa shape index (κ1) is 26.6. The van der Waals surface area contributed by atoms with Crippen LogP contribution in [0.25, 0.3) is 6.08 Å². The number of thioether (sulfide) groups is 1. The minimum atomic E-state index is -4.59. The number of anilines is 1. The van der Waals surface area contributed by atoms with E-state index in [1.807, 2.05) is 30.3 Å². The summed E-state index contributed by atoms with van der Waals surface area (Å²) in [6.45, 7) is 2.19. The number of imide groups is 1. The van der Waals surface area contributed by atoms with Gasteiger partial charge in [0.05, 0.1) is 17.0 Å². The van der Waals surface area contributed by atoms with Crippen LogP contribution in [0.5, 0.6) is 0 Å². The van der Waals surface area contributed by atoms with Crippen molar-refractivity contribution in [1.82, 2.24) is 9.80 Å². The number of halogens is 3. The fraction of sp³-hybridized carbons (Fsp3) is 0.207. The molecule has 10 heteroatoms. The van der Waals surface area contributed by atoms with Crippen LogP contribution < -0.4 is 4.90 Å². The summed E-state index contributed by atoms with van der Waals surface area (Å²) < 4.78 is 40.0. The zero-order chi connectivity index (χ0) is 27.6. The summed E-state index contributed by atoms with van der Waals surface area (Å²) in [5, 5.41) is -0.635. The summed E-state index contributed by atoms with van der Waals surface area (Å²) in [4.78, 5) is 43.3. The van der Waals surface area contributed by atoms with Crippen LogP contribution in [0.4, 0.5) is 23.7 Å². The predicted octanol–water partition coefficient (Wildman–Crippen LogP) is 5.90. The number of carbonyl (C=O) groups is 3.